The Hall–Kier alpha value is -3.01. The Labute approximate surface area is 189 Å². The quantitative estimate of drug-likeness (QED) is 0.174. The van der Waals surface area contributed by atoms with Crippen molar-refractivity contribution >= 4 is 44.7 Å². The van der Waals surface area contributed by atoms with Crippen LogP contribution < -0.4 is 5.56 Å². The fourth-order valence-electron chi connectivity index (χ4n) is 3.18. The molecule has 6 nitrogen and oxygen atoms in total. The molecule has 0 N–H and O–H groups in total. The summed E-state index contributed by atoms with van der Waals surface area (Å²) < 4.78 is 7.00. The van der Waals surface area contributed by atoms with Crippen molar-refractivity contribution in [2.75, 3.05) is 0 Å². The van der Waals surface area contributed by atoms with Gasteiger partial charge < -0.3 is 4.52 Å². The van der Waals surface area contributed by atoms with Gasteiger partial charge in [-0.05, 0) is 17.0 Å². The lowest BCUT2D eigenvalue weighted by atomic mass is 10.1. The summed E-state index contributed by atoms with van der Waals surface area (Å²) in [6.07, 6.45) is 1.70. The Kier molecular flexibility index (Phi) is 5.54. The predicted octanol–water partition coefficient (Wildman–Crippen LogP) is 5.71. The van der Waals surface area contributed by atoms with Crippen molar-refractivity contribution in [2.24, 2.45) is 0 Å². The normalized spacial score (nSPS) is 11.2. The highest BCUT2D eigenvalue weighted by Gasteiger charge is 2.18. The smallest absolute Gasteiger partial charge is 0.263 e. The Bertz CT molecular complexity index is 1400. The van der Waals surface area contributed by atoms with E-state index < -0.39 is 0 Å². The zero-order chi connectivity index (χ0) is 21.2. The van der Waals surface area contributed by atoms with Gasteiger partial charge in [-0.2, -0.15) is 16.3 Å². The first-order valence-corrected chi connectivity index (χ1v) is 12.2. The molecule has 31 heavy (non-hydrogen) atoms. The molecule has 0 bridgehead atoms. The fraction of sp³-hybridized carbons (Fsp3) is 0.0909. The monoisotopic (exact) mass is 464 g/mol. The first-order chi connectivity index (χ1) is 15.2. The van der Waals surface area contributed by atoms with E-state index in [-0.39, 0.29) is 5.56 Å². The molecule has 9 heteroatoms. The van der Waals surface area contributed by atoms with Crippen molar-refractivity contribution in [3.8, 4) is 22.6 Å². The van der Waals surface area contributed by atoms with Crippen LogP contribution in [0.5, 0.6) is 0 Å². The lowest BCUT2D eigenvalue weighted by Gasteiger charge is -2.10. The van der Waals surface area contributed by atoms with Crippen molar-refractivity contribution in [3.63, 3.8) is 0 Å². The van der Waals surface area contributed by atoms with Gasteiger partial charge in [0, 0.05) is 22.9 Å². The molecule has 0 saturated carbocycles. The zero-order valence-corrected chi connectivity index (χ0v) is 18.7. The molecule has 0 spiro atoms. The molecule has 0 atom stereocenters. The van der Waals surface area contributed by atoms with E-state index in [1.165, 1.54) is 23.1 Å². The molecule has 0 aliphatic rings. The van der Waals surface area contributed by atoms with Gasteiger partial charge in [-0.3, -0.25) is 9.36 Å². The van der Waals surface area contributed by atoms with Gasteiger partial charge in [0.25, 0.3) is 11.4 Å². The molecule has 5 aromatic rings. The number of hydrogen-bond acceptors (Lipinski definition) is 8. The number of thioether (sulfide) groups is 1. The molecule has 154 valence electrons. The van der Waals surface area contributed by atoms with Crippen LogP contribution in [0.4, 0.5) is 0 Å². The van der Waals surface area contributed by atoms with Gasteiger partial charge in [-0.1, -0.05) is 53.3 Å². The Balaban J connectivity index is 1.49. The standard InChI is InChI=1S/C22H16N4O2S3/c1-2-9-26-21(27)18-16(14-6-4-3-5-7-14)12-30-20(18)24-22(26)31-13-17-23-19(28-25-17)15-8-10-29-11-15/h2-8,10-12H,1,9,13H2. The molecular formula is C22H16N4O2S3. The van der Waals surface area contributed by atoms with Gasteiger partial charge in [0.05, 0.1) is 16.7 Å². The summed E-state index contributed by atoms with van der Waals surface area (Å²) in [5.74, 6) is 1.50. The number of benzene rings is 1. The average molecular weight is 465 g/mol. The molecular weight excluding hydrogens is 448 g/mol. The zero-order valence-electron chi connectivity index (χ0n) is 16.2. The van der Waals surface area contributed by atoms with E-state index in [4.69, 9.17) is 9.51 Å². The van der Waals surface area contributed by atoms with Crippen LogP contribution in [0.1, 0.15) is 5.82 Å². The first kappa shape index (κ1) is 19.9. The SMILES string of the molecule is C=CCn1c(SCc2noc(-c3ccsc3)n2)nc2scc(-c3ccccc3)c2c1=O. The molecule has 0 unspecified atom stereocenters. The first-order valence-electron chi connectivity index (χ1n) is 9.41. The number of fused-ring (bicyclic) bond motifs is 1. The third kappa shape index (κ3) is 3.87. The topological polar surface area (TPSA) is 73.8 Å². The lowest BCUT2D eigenvalue weighted by Crippen LogP contribution is -2.22. The summed E-state index contributed by atoms with van der Waals surface area (Å²) in [5, 5.41) is 11.2. The van der Waals surface area contributed by atoms with Crippen molar-refractivity contribution in [3.05, 3.63) is 81.4 Å². The van der Waals surface area contributed by atoms with Gasteiger partial charge in [0.2, 0.25) is 0 Å². The van der Waals surface area contributed by atoms with Crippen LogP contribution in [-0.4, -0.2) is 19.7 Å². The molecule has 0 radical (unpaired) electrons. The molecule has 4 aromatic heterocycles. The number of aromatic nitrogens is 4. The number of allylic oxidation sites excluding steroid dienone is 1. The fourth-order valence-corrected chi connectivity index (χ4v) is 5.65. The molecule has 0 aliphatic carbocycles. The van der Waals surface area contributed by atoms with Gasteiger partial charge in [0.15, 0.2) is 11.0 Å². The molecule has 0 saturated heterocycles. The predicted molar refractivity (Wildman–Crippen MR) is 127 cm³/mol. The summed E-state index contributed by atoms with van der Waals surface area (Å²) in [4.78, 5) is 23.3. The number of thiophene rings is 2. The largest absolute Gasteiger partial charge is 0.334 e. The average Bonchev–Trinajstić information content (AvgIpc) is 3.55. The third-order valence-electron chi connectivity index (χ3n) is 4.62. The molecule has 5 rings (SSSR count). The number of hydrogen-bond donors (Lipinski definition) is 0. The van der Waals surface area contributed by atoms with Gasteiger partial charge in [-0.25, -0.2) is 4.98 Å². The van der Waals surface area contributed by atoms with Crippen LogP contribution in [0.2, 0.25) is 0 Å². The highest BCUT2D eigenvalue weighted by molar-refractivity contribution is 7.98. The number of rotatable bonds is 7. The maximum Gasteiger partial charge on any atom is 0.263 e. The van der Waals surface area contributed by atoms with E-state index in [0.29, 0.717) is 34.6 Å². The van der Waals surface area contributed by atoms with Gasteiger partial charge in [-0.15, -0.1) is 17.9 Å². The van der Waals surface area contributed by atoms with E-state index in [1.54, 1.807) is 22.0 Å². The molecule has 0 amide bonds. The van der Waals surface area contributed by atoms with Crippen LogP contribution >= 0.6 is 34.4 Å². The second-order valence-electron chi connectivity index (χ2n) is 6.61. The van der Waals surface area contributed by atoms with E-state index in [0.717, 1.165) is 21.5 Å². The number of nitrogens with zero attached hydrogens (tertiary/aromatic N) is 4. The van der Waals surface area contributed by atoms with Crippen LogP contribution in [0.25, 0.3) is 32.8 Å². The van der Waals surface area contributed by atoms with Crippen LogP contribution in [0, 0.1) is 0 Å². The summed E-state index contributed by atoms with van der Waals surface area (Å²) in [5.41, 5.74) is 2.75. The second-order valence-corrected chi connectivity index (χ2v) is 9.19. The highest BCUT2D eigenvalue weighted by Crippen LogP contribution is 2.32. The molecule has 0 aliphatic heterocycles. The van der Waals surface area contributed by atoms with Crippen molar-refractivity contribution < 1.29 is 4.52 Å². The van der Waals surface area contributed by atoms with Gasteiger partial charge in [0.1, 0.15) is 4.83 Å². The van der Waals surface area contributed by atoms with E-state index >= 15 is 0 Å². The van der Waals surface area contributed by atoms with Crippen LogP contribution in [0.3, 0.4) is 0 Å². The van der Waals surface area contributed by atoms with E-state index in [1.807, 2.05) is 52.5 Å². The minimum absolute atomic E-state index is 0.0698. The Morgan fingerprint density at radius 3 is 2.77 bits per heavy atom. The summed E-state index contributed by atoms with van der Waals surface area (Å²) in [7, 11) is 0. The highest BCUT2D eigenvalue weighted by atomic mass is 32.2. The summed E-state index contributed by atoms with van der Waals surface area (Å²) in [6, 6.07) is 11.8. The maximum absolute atomic E-state index is 13.4. The molecule has 1 aromatic carbocycles. The van der Waals surface area contributed by atoms with Crippen molar-refractivity contribution in [1.82, 2.24) is 19.7 Å². The van der Waals surface area contributed by atoms with Crippen LogP contribution in [-0.2, 0) is 12.3 Å². The minimum atomic E-state index is -0.0698. The minimum Gasteiger partial charge on any atom is -0.334 e. The summed E-state index contributed by atoms with van der Waals surface area (Å²) >= 11 is 4.46. The van der Waals surface area contributed by atoms with Crippen LogP contribution in [0.15, 0.2) is 79.7 Å². The lowest BCUT2D eigenvalue weighted by molar-refractivity contribution is 0.425. The third-order valence-corrected chi connectivity index (χ3v) is 7.15. The second kappa shape index (κ2) is 8.62. The Morgan fingerprint density at radius 1 is 1.13 bits per heavy atom. The Morgan fingerprint density at radius 2 is 2.00 bits per heavy atom. The van der Waals surface area contributed by atoms with Crippen molar-refractivity contribution in [2.45, 2.75) is 17.5 Å². The van der Waals surface area contributed by atoms with E-state index in [2.05, 4.69) is 16.7 Å². The van der Waals surface area contributed by atoms with Gasteiger partial charge >= 0.3 is 0 Å². The maximum atomic E-state index is 13.4. The molecule has 0 fully saturated rings. The van der Waals surface area contributed by atoms with Crippen molar-refractivity contribution in [1.29, 1.82) is 0 Å². The summed E-state index contributed by atoms with van der Waals surface area (Å²) in [6.45, 7) is 4.18. The van der Waals surface area contributed by atoms with E-state index in [9.17, 15) is 4.79 Å². The molecule has 4 heterocycles.